The highest BCUT2D eigenvalue weighted by atomic mass is 15.3. The number of hydrogen-bond donors (Lipinski definition) is 1. The molecule has 1 aliphatic rings. The molecule has 0 spiro atoms. The molecular weight excluding hydrogens is 224 g/mol. The Morgan fingerprint density at radius 3 is 2.17 bits per heavy atom. The molecule has 4 heteroatoms. The van der Waals surface area contributed by atoms with Crippen molar-refractivity contribution in [3.8, 4) is 6.07 Å². The fourth-order valence-corrected chi connectivity index (χ4v) is 2.28. The topological polar surface area (TPSA) is 56.3 Å². The predicted molar refractivity (Wildman–Crippen MR) is 74.3 cm³/mol. The highest BCUT2D eigenvalue weighted by Gasteiger charge is 2.29. The lowest BCUT2D eigenvalue weighted by molar-refractivity contribution is 0.158. The van der Waals surface area contributed by atoms with Gasteiger partial charge in [0.05, 0.1) is 6.07 Å². The molecule has 0 bridgehead atoms. The molecule has 2 rings (SSSR count). The minimum Gasteiger partial charge on any atom is -0.399 e. The molecule has 1 aromatic rings. The number of nitrogen functional groups attached to an aromatic ring is 1. The van der Waals surface area contributed by atoms with E-state index in [0.29, 0.717) is 0 Å². The summed E-state index contributed by atoms with van der Waals surface area (Å²) in [5, 5.41) is 9.14. The van der Waals surface area contributed by atoms with E-state index in [4.69, 9.17) is 11.0 Å². The Hall–Kier alpha value is -1.73. The molecule has 1 aromatic carbocycles. The Balaban J connectivity index is 1.99. The van der Waals surface area contributed by atoms with E-state index in [9.17, 15) is 0 Å². The molecule has 0 amide bonds. The third-order valence-electron chi connectivity index (χ3n) is 3.60. The molecule has 0 aliphatic carbocycles. The van der Waals surface area contributed by atoms with Gasteiger partial charge in [-0.05, 0) is 38.1 Å². The van der Waals surface area contributed by atoms with E-state index < -0.39 is 0 Å². The van der Waals surface area contributed by atoms with E-state index in [0.717, 1.165) is 31.9 Å². The van der Waals surface area contributed by atoms with Crippen LogP contribution in [0.2, 0.25) is 0 Å². The van der Waals surface area contributed by atoms with Crippen LogP contribution in [0, 0.1) is 11.3 Å². The number of nitrogens with zero attached hydrogens (tertiary/aromatic N) is 3. The molecule has 0 unspecified atom stereocenters. The van der Waals surface area contributed by atoms with Gasteiger partial charge in [0, 0.05) is 37.6 Å². The van der Waals surface area contributed by atoms with E-state index >= 15 is 0 Å². The Labute approximate surface area is 109 Å². The first kappa shape index (κ1) is 12.7. The number of nitriles is 1. The zero-order chi connectivity index (χ0) is 13.2. The van der Waals surface area contributed by atoms with Gasteiger partial charge in [-0.3, -0.25) is 4.90 Å². The van der Waals surface area contributed by atoms with Gasteiger partial charge in [0.25, 0.3) is 0 Å². The minimum absolute atomic E-state index is 0.368. The molecule has 0 saturated carbocycles. The molecule has 18 heavy (non-hydrogen) atoms. The van der Waals surface area contributed by atoms with Crippen LogP contribution < -0.4 is 10.6 Å². The van der Waals surface area contributed by atoms with Crippen LogP contribution in [0.1, 0.15) is 13.8 Å². The van der Waals surface area contributed by atoms with Crippen molar-refractivity contribution in [2.24, 2.45) is 0 Å². The van der Waals surface area contributed by atoms with Crippen molar-refractivity contribution >= 4 is 11.4 Å². The van der Waals surface area contributed by atoms with Crippen molar-refractivity contribution in [3.63, 3.8) is 0 Å². The Morgan fingerprint density at radius 2 is 1.67 bits per heavy atom. The molecule has 2 N–H and O–H groups in total. The zero-order valence-electron chi connectivity index (χ0n) is 11.1. The van der Waals surface area contributed by atoms with Crippen molar-refractivity contribution in [1.82, 2.24) is 4.90 Å². The van der Waals surface area contributed by atoms with Gasteiger partial charge >= 0.3 is 0 Å². The normalized spacial score (nSPS) is 17.5. The third-order valence-corrected chi connectivity index (χ3v) is 3.60. The van der Waals surface area contributed by atoms with Crippen LogP contribution in [0.4, 0.5) is 11.4 Å². The van der Waals surface area contributed by atoms with Crippen LogP contribution in [0.5, 0.6) is 0 Å². The lowest BCUT2D eigenvalue weighted by Crippen LogP contribution is -2.54. The zero-order valence-corrected chi connectivity index (χ0v) is 11.1. The van der Waals surface area contributed by atoms with Gasteiger partial charge in [0.1, 0.15) is 5.54 Å². The summed E-state index contributed by atoms with van der Waals surface area (Å²) in [6.07, 6.45) is 0. The number of anilines is 2. The van der Waals surface area contributed by atoms with E-state index in [1.54, 1.807) is 0 Å². The monoisotopic (exact) mass is 244 g/mol. The number of rotatable bonds is 2. The maximum atomic E-state index is 9.14. The fourth-order valence-electron chi connectivity index (χ4n) is 2.28. The lowest BCUT2D eigenvalue weighted by Gasteiger charge is -2.41. The Bertz CT molecular complexity index is 436. The maximum absolute atomic E-state index is 9.14. The van der Waals surface area contributed by atoms with Crippen LogP contribution in [0.25, 0.3) is 0 Å². The molecule has 4 nitrogen and oxygen atoms in total. The number of nitrogens with two attached hydrogens (primary N) is 1. The molecule has 0 aromatic heterocycles. The van der Waals surface area contributed by atoms with Gasteiger partial charge < -0.3 is 10.6 Å². The quantitative estimate of drug-likeness (QED) is 0.804. The summed E-state index contributed by atoms with van der Waals surface area (Å²) in [7, 11) is 0. The van der Waals surface area contributed by atoms with Gasteiger partial charge in [-0.25, -0.2) is 0 Å². The van der Waals surface area contributed by atoms with Crippen molar-refractivity contribution in [2.45, 2.75) is 19.4 Å². The smallest absolute Gasteiger partial charge is 0.103 e. The van der Waals surface area contributed by atoms with Gasteiger partial charge in [-0.2, -0.15) is 5.26 Å². The predicted octanol–water partition coefficient (Wildman–Crippen LogP) is 1.69. The van der Waals surface area contributed by atoms with E-state index in [-0.39, 0.29) is 5.54 Å². The molecule has 1 fully saturated rings. The summed E-state index contributed by atoms with van der Waals surface area (Å²) in [6.45, 7) is 7.71. The second kappa shape index (κ2) is 4.87. The minimum atomic E-state index is -0.368. The molecule has 1 saturated heterocycles. The van der Waals surface area contributed by atoms with Crippen molar-refractivity contribution < 1.29 is 0 Å². The number of benzene rings is 1. The highest BCUT2D eigenvalue weighted by molar-refractivity contribution is 5.53. The first-order valence-electron chi connectivity index (χ1n) is 6.30. The highest BCUT2D eigenvalue weighted by Crippen LogP contribution is 2.21. The van der Waals surface area contributed by atoms with Crippen LogP contribution in [-0.2, 0) is 0 Å². The number of hydrogen-bond acceptors (Lipinski definition) is 4. The van der Waals surface area contributed by atoms with Gasteiger partial charge in [0.15, 0.2) is 0 Å². The summed E-state index contributed by atoms with van der Waals surface area (Å²) >= 11 is 0. The summed E-state index contributed by atoms with van der Waals surface area (Å²) in [4.78, 5) is 4.57. The van der Waals surface area contributed by atoms with E-state index in [1.807, 2.05) is 26.0 Å². The van der Waals surface area contributed by atoms with Crippen LogP contribution in [0.3, 0.4) is 0 Å². The summed E-state index contributed by atoms with van der Waals surface area (Å²) in [6, 6.07) is 10.3. The second-order valence-corrected chi connectivity index (χ2v) is 5.24. The summed E-state index contributed by atoms with van der Waals surface area (Å²) in [5.74, 6) is 0. The first-order chi connectivity index (χ1) is 8.53. The molecule has 96 valence electrons. The van der Waals surface area contributed by atoms with E-state index in [2.05, 4.69) is 28.0 Å². The first-order valence-corrected chi connectivity index (χ1v) is 6.30. The Morgan fingerprint density at radius 1 is 1.11 bits per heavy atom. The fraction of sp³-hybridized carbons (Fsp3) is 0.500. The SMILES string of the molecule is CC(C)(C#N)N1CCN(c2ccc(N)cc2)CC1. The summed E-state index contributed by atoms with van der Waals surface area (Å²) < 4.78 is 0. The van der Waals surface area contributed by atoms with Crippen molar-refractivity contribution in [2.75, 3.05) is 36.8 Å². The molecule has 1 aliphatic heterocycles. The second-order valence-electron chi connectivity index (χ2n) is 5.24. The maximum Gasteiger partial charge on any atom is 0.103 e. The molecular formula is C14H20N4. The molecule has 0 radical (unpaired) electrons. The van der Waals surface area contributed by atoms with E-state index in [1.165, 1.54) is 5.69 Å². The van der Waals surface area contributed by atoms with Crippen molar-refractivity contribution in [1.29, 1.82) is 5.26 Å². The van der Waals surface area contributed by atoms with Gasteiger partial charge in [0.2, 0.25) is 0 Å². The Kier molecular flexibility index (Phi) is 3.44. The lowest BCUT2D eigenvalue weighted by atomic mass is 10.0. The summed E-state index contributed by atoms with van der Waals surface area (Å²) in [5.41, 5.74) is 7.32. The molecule has 0 atom stereocenters. The average molecular weight is 244 g/mol. The van der Waals surface area contributed by atoms with Crippen LogP contribution in [-0.4, -0.2) is 36.6 Å². The van der Waals surface area contributed by atoms with Crippen molar-refractivity contribution in [3.05, 3.63) is 24.3 Å². The van der Waals surface area contributed by atoms with Gasteiger partial charge in [-0.15, -0.1) is 0 Å². The average Bonchev–Trinajstić information content (AvgIpc) is 2.40. The largest absolute Gasteiger partial charge is 0.399 e. The number of piperazine rings is 1. The molecule has 1 heterocycles. The van der Waals surface area contributed by atoms with Gasteiger partial charge in [-0.1, -0.05) is 0 Å². The van der Waals surface area contributed by atoms with Crippen LogP contribution >= 0.6 is 0 Å². The third kappa shape index (κ3) is 2.57. The van der Waals surface area contributed by atoms with Crippen LogP contribution in [0.15, 0.2) is 24.3 Å². The standard InChI is InChI=1S/C14H20N4/c1-14(2,11-15)18-9-7-17(8-10-18)13-5-3-12(16)4-6-13/h3-6H,7-10,16H2,1-2H3.